The number of anilines is 1. The maximum atomic E-state index is 12.3. The summed E-state index contributed by atoms with van der Waals surface area (Å²) in [5, 5.41) is 18.5. The number of aryl methyl sites for hydroxylation is 1. The number of nitro groups is 1. The zero-order valence-corrected chi connectivity index (χ0v) is 16.2. The number of nitrogens with one attached hydrogen (secondary N) is 1. The molecule has 1 amide bonds. The van der Waals surface area contributed by atoms with Crippen molar-refractivity contribution < 1.29 is 9.72 Å². The number of carbonyl (C=O) groups is 1. The van der Waals surface area contributed by atoms with E-state index in [4.69, 9.17) is 11.6 Å². The Balaban J connectivity index is 1.89. The number of fused-ring (bicyclic) bond motifs is 1. The molecular formula is C18H14ClN5O3S. The van der Waals surface area contributed by atoms with Crippen molar-refractivity contribution in [3.05, 3.63) is 74.6 Å². The summed E-state index contributed by atoms with van der Waals surface area (Å²) < 4.78 is 1.59. The summed E-state index contributed by atoms with van der Waals surface area (Å²) >= 11 is 7.35. The number of pyridine rings is 1. The number of nitro benzene ring substituents is 1. The van der Waals surface area contributed by atoms with Crippen LogP contribution in [0.1, 0.15) is 22.1 Å². The van der Waals surface area contributed by atoms with Crippen molar-refractivity contribution in [3.63, 3.8) is 0 Å². The summed E-state index contributed by atoms with van der Waals surface area (Å²) in [7, 11) is 0. The zero-order valence-electron chi connectivity index (χ0n) is 14.6. The molecule has 0 bridgehead atoms. The van der Waals surface area contributed by atoms with Crippen molar-refractivity contribution in [2.24, 2.45) is 0 Å². The van der Waals surface area contributed by atoms with Gasteiger partial charge in [0.15, 0.2) is 5.82 Å². The fourth-order valence-electron chi connectivity index (χ4n) is 3.12. The average molecular weight is 416 g/mol. The minimum atomic E-state index is -0.512. The van der Waals surface area contributed by atoms with Gasteiger partial charge in [-0.3, -0.25) is 14.9 Å². The van der Waals surface area contributed by atoms with E-state index in [1.807, 2.05) is 13.0 Å². The Morgan fingerprint density at radius 2 is 2.18 bits per heavy atom. The van der Waals surface area contributed by atoms with Crippen LogP contribution >= 0.6 is 23.4 Å². The maximum absolute atomic E-state index is 12.3. The molecule has 1 aliphatic rings. The normalized spacial score (nSPS) is 16.2. The predicted molar refractivity (Wildman–Crippen MR) is 107 cm³/mol. The summed E-state index contributed by atoms with van der Waals surface area (Å²) in [5.41, 5.74) is 2.01. The Kier molecular flexibility index (Phi) is 4.78. The van der Waals surface area contributed by atoms with Gasteiger partial charge in [0.05, 0.1) is 21.6 Å². The summed E-state index contributed by atoms with van der Waals surface area (Å²) in [5.74, 6) is 1.13. The Morgan fingerprint density at radius 3 is 2.89 bits per heavy atom. The Morgan fingerprint density at radius 1 is 1.36 bits per heavy atom. The van der Waals surface area contributed by atoms with Crippen LogP contribution in [-0.4, -0.2) is 31.3 Å². The van der Waals surface area contributed by atoms with Crippen LogP contribution in [0, 0.1) is 17.0 Å². The van der Waals surface area contributed by atoms with Gasteiger partial charge in [-0.1, -0.05) is 23.7 Å². The molecule has 0 saturated carbocycles. The third-order valence-corrected chi connectivity index (χ3v) is 5.93. The highest BCUT2D eigenvalue weighted by molar-refractivity contribution is 8.00. The first-order valence-corrected chi connectivity index (χ1v) is 9.74. The lowest BCUT2D eigenvalue weighted by atomic mass is 10.0. The monoisotopic (exact) mass is 415 g/mol. The summed E-state index contributed by atoms with van der Waals surface area (Å²) in [6.07, 6.45) is 1.64. The highest BCUT2D eigenvalue weighted by Crippen LogP contribution is 2.45. The second kappa shape index (κ2) is 7.25. The SMILES string of the molecule is Cc1nn(-c2ccccn2)c2c1[C@@H](c1ccc(Cl)c([N+](=O)[O-])c1)SCC(=O)N2. The van der Waals surface area contributed by atoms with Crippen molar-refractivity contribution in [1.29, 1.82) is 0 Å². The van der Waals surface area contributed by atoms with Crippen LogP contribution in [0.5, 0.6) is 0 Å². The van der Waals surface area contributed by atoms with Crippen molar-refractivity contribution in [2.75, 3.05) is 11.1 Å². The molecule has 3 aromatic rings. The Bertz CT molecular complexity index is 1090. The number of amides is 1. The third kappa shape index (κ3) is 3.23. The van der Waals surface area contributed by atoms with Crippen LogP contribution in [0.2, 0.25) is 5.02 Å². The molecule has 1 aromatic carbocycles. The van der Waals surface area contributed by atoms with Gasteiger partial charge in [0.2, 0.25) is 5.91 Å². The van der Waals surface area contributed by atoms with E-state index >= 15 is 0 Å². The van der Waals surface area contributed by atoms with Gasteiger partial charge in [-0.2, -0.15) is 9.78 Å². The fourth-order valence-corrected chi connectivity index (χ4v) is 4.49. The first-order chi connectivity index (χ1) is 13.5. The van der Waals surface area contributed by atoms with Gasteiger partial charge in [0.1, 0.15) is 10.8 Å². The highest BCUT2D eigenvalue weighted by Gasteiger charge is 2.31. The molecule has 0 spiro atoms. The maximum Gasteiger partial charge on any atom is 0.288 e. The van der Waals surface area contributed by atoms with E-state index in [-0.39, 0.29) is 27.6 Å². The molecule has 0 saturated heterocycles. The first-order valence-electron chi connectivity index (χ1n) is 8.32. The van der Waals surface area contributed by atoms with E-state index in [0.717, 1.165) is 5.56 Å². The summed E-state index contributed by atoms with van der Waals surface area (Å²) in [4.78, 5) is 27.4. The van der Waals surface area contributed by atoms with Gasteiger partial charge in [-0.15, -0.1) is 11.8 Å². The number of halogens is 1. The van der Waals surface area contributed by atoms with Crippen LogP contribution in [0.15, 0.2) is 42.6 Å². The van der Waals surface area contributed by atoms with E-state index in [0.29, 0.717) is 22.9 Å². The molecule has 142 valence electrons. The lowest BCUT2D eigenvalue weighted by molar-refractivity contribution is -0.384. The predicted octanol–water partition coefficient (Wildman–Crippen LogP) is 3.91. The Hall–Kier alpha value is -2.91. The number of hydrogen-bond donors (Lipinski definition) is 1. The zero-order chi connectivity index (χ0) is 19.8. The third-order valence-electron chi connectivity index (χ3n) is 4.34. The standard InChI is InChI=1S/C18H14ClN5O3S/c1-10-16-17(11-5-6-12(19)13(8-11)24(26)27)28-9-15(25)21-18(16)23(22-10)14-4-2-3-7-20-14/h2-8,17H,9H2,1H3,(H,21,25)/t17-/m1/s1. The molecule has 1 aliphatic heterocycles. The summed E-state index contributed by atoms with van der Waals surface area (Å²) in [6, 6.07) is 10.1. The molecule has 1 N–H and O–H groups in total. The van der Waals surface area contributed by atoms with Crippen molar-refractivity contribution in [1.82, 2.24) is 14.8 Å². The largest absolute Gasteiger partial charge is 0.310 e. The molecule has 0 aliphatic carbocycles. The Labute approximate surface area is 169 Å². The van der Waals surface area contributed by atoms with E-state index in [1.165, 1.54) is 23.9 Å². The van der Waals surface area contributed by atoms with E-state index in [9.17, 15) is 14.9 Å². The molecule has 1 atom stereocenters. The second-order valence-electron chi connectivity index (χ2n) is 6.15. The number of nitrogens with zero attached hydrogens (tertiary/aromatic N) is 4. The number of carbonyl (C=O) groups excluding carboxylic acids is 1. The molecule has 4 rings (SSSR count). The molecular weight excluding hydrogens is 402 g/mol. The number of rotatable bonds is 3. The number of benzene rings is 1. The van der Waals surface area contributed by atoms with Gasteiger partial charge in [-0.25, -0.2) is 4.98 Å². The van der Waals surface area contributed by atoms with Crippen LogP contribution in [-0.2, 0) is 4.79 Å². The van der Waals surface area contributed by atoms with Crippen molar-refractivity contribution in [2.45, 2.75) is 12.2 Å². The number of thioether (sulfide) groups is 1. The molecule has 2 aromatic heterocycles. The highest BCUT2D eigenvalue weighted by atomic mass is 35.5. The second-order valence-corrected chi connectivity index (χ2v) is 7.66. The van der Waals surface area contributed by atoms with Crippen molar-refractivity contribution >= 4 is 40.8 Å². The molecule has 0 radical (unpaired) electrons. The number of hydrogen-bond acceptors (Lipinski definition) is 6. The van der Waals surface area contributed by atoms with E-state index in [1.54, 1.807) is 29.1 Å². The first kappa shape index (κ1) is 18.5. The van der Waals surface area contributed by atoms with Gasteiger partial charge in [-0.05, 0) is 30.7 Å². The van der Waals surface area contributed by atoms with E-state index in [2.05, 4.69) is 15.4 Å². The van der Waals surface area contributed by atoms with E-state index < -0.39 is 4.92 Å². The molecule has 10 heteroatoms. The lowest BCUT2D eigenvalue weighted by Gasteiger charge is -2.15. The fraction of sp³-hybridized carbons (Fsp3) is 0.167. The van der Waals surface area contributed by atoms with Gasteiger partial charge < -0.3 is 5.32 Å². The topological polar surface area (TPSA) is 103 Å². The molecule has 3 heterocycles. The average Bonchev–Trinajstić information content (AvgIpc) is 2.88. The lowest BCUT2D eigenvalue weighted by Crippen LogP contribution is -2.16. The number of aromatic nitrogens is 3. The molecule has 0 unspecified atom stereocenters. The minimum absolute atomic E-state index is 0.0719. The van der Waals surface area contributed by atoms with Crippen LogP contribution in [0.4, 0.5) is 11.5 Å². The molecule has 0 fully saturated rings. The quantitative estimate of drug-likeness (QED) is 0.513. The van der Waals surface area contributed by atoms with Crippen LogP contribution in [0.3, 0.4) is 0 Å². The van der Waals surface area contributed by atoms with Crippen LogP contribution < -0.4 is 5.32 Å². The van der Waals surface area contributed by atoms with Gasteiger partial charge in [0, 0.05) is 17.8 Å². The van der Waals surface area contributed by atoms with Gasteiger partial charge >= 0.3 is 0 Å². The van der Waals surface area contributed by atoms with Crippen molar-refractivity contribution in [3.8, 4) is 5.82 Å². The molecule has 28 heavy (non-hydrogen) atoms. The summed E-state index contributed by atoms with van der Waals surface area (Å²) in [6.45, 7) is 1.84. The minimum Gasteiger partial charge on any atom is -0.310 e. The smallest absolute Gasteiger partial charge is 0.288 e. The van der Waals surface area contributed by atoms with Gasteiger partial charge in [0.25, 0.3) is 5.69 Å². The van der Waals surface area contributed by atoms with Crippen LogP contribution in [0.25, 0.3) is 5.82 Å². The molecule has 8 nitrogen and oxygen atoms in total.